The summed E-state index contributed by atoms with van der Waals surface area (Å²) in [6.45, 7) is 3.70. The van der Waals surface area contributed by atoms with E-state index in [0.717, 1.165) is 22.6 Å². The molecule has 0 unspecified atom stereocenters. The standard InChI is InChI=1S/C20H19N3O4S/c1-3-27-20(26)16-11(2)15-18(28-16)21-10-23(19(15)25)14-9-8-12-6-4-5-7-13(12)22-17(14)24/h4-7,10,14H,3,8-9H2,1-2H3,(H,22,24)/t14-/m0/s1. The van der Waals surface area contributed by atoms with Gasteiger partial charge in [0.05, 0.1) is 18.3 Å². The van der Waals surface area contributed by atoms with Gasteiger partial charge in [0.1, 0.15) is 15.7 Å². The largest absolute Gasteiger partial charge is 0.462 e. The van der Waals surface area contributed by atoms with Gasteiger partial charge in [-0.2, -0.15) is 0 Å². The third kappa shape index (κ3) is 2.99. The van der Waals surface area contributed by atoms with Crippen molar-refractivity contribution < 1.29 is 14.3 Å². The summed E-state index contributed by atoms with van der Waals surface area (Å²) >= 11 is 1.14. The molecule has 1 aromatic carbocycles. The average molecular weight is 397 g/mol. The average Bonchev–Trinajstić information content (AvgIpc) is 2.92. The number of anilines is 1. The molecule has 1 N–H and O–H groups in total. The second-order valence-electron chi connectivity index (χ2n) is 6.61. The molecule has 0 fully saturated rings. The lowest BCUT2D eigenvalue weighted by atomic mass is 10.1. The maximum absolute atomic E-state index is 13.2. The highest BCUT2D eigenvalue weighted by atomic mass is 32.1. The van der Waals surface area contributed by atoms with Crippen LogP contribution in [0.3, 0.4) is 0 Å². The Balaban J connectivity index is 1.77. The van der Waals surface area contributed by atoms with Gasteiger partial charge in [0.25, 0.3) is 5.56 Å². The Morgan fingerprint density at radius 1 is 1.36 bits per heavy atom. The lowest BCUT2D eigenvalue weighted by Crippen LogP contribution is -2.32. The molecule has 28 heavy (non-hydrogen) atoms. The predicted octanol–water partition coefficient (Wildman–Crippen LogP) is 3.07. The van der Waals surface area contributed by atoms with E-state index in [1.54, 1.807) is 13.8 Å². The first-order valence-electron chi connectivity index (χ1n) is 9.07. The minimum atomic E-state index is -0.665. The van der Waals surface area contributed by atoms with Crippen molar-refractivity contribution in [1.29, 1.82) is 0 Å². The van der Waals surface area contributed by atoms with Crippen LogP contribution in [0.15, 0.2) is 35.4 Å². The van der Waals surface area contributed by atoms with Crippen molar-refractivity contribution in [2.45, 2.75) is 32.7 Å². The van der Waals surface area contributed by atoms with Crippen LogP contribution in [0, 0.1) is 6.92 Å². The van der Waals surface area contributed by atoms with E-state index in [4.69, 9.17) is 4.74 Å². The smallest absolute Gasteiger partial charge is 0.348 e. The second kappa shape index (κ2) is 7.20. The number of carbonyl (C=O) groups excluding carboxylic acids is 2. The molecule has 1 amide bonds. The minimum absolute atomic E-state index is 0.244. The van der Waals surface area contributed by atoms with Gasteiger partial charge >= 0.3 is 5.97 Å². The Labute approximate surface area is 165 Å². The van der Waals surface area contributed by atoms with Gasteiger partial charge in [-0.1, -0.05) is 18.2 Å². The van der Waals surface area contributed by atoms with Crippen molar-refractivity contribution in [2.24, 2.45) is 0 Å². The Bertz CT molecular complexity index is 1150. The summed E-state index contributed by atoms with van der Waals surface area (Å²) in [4.78, 5) is 43.3. The summed E-state index contributed by atoms with van der Waals surface area (Å²) < 4.78 is 6.44. The molecule has 1 atom stereocenters. The number of aryl methyl sites for hydroxylation is 2. The Kier molecular flexibility index (Phi) is 4.72. The van der Waals surface area contributed by atoms with Crippen LogP contribution < -0.4 is 10.9 Å². The number of thiophene rings is 1. The summed E-state index contributed by atoms with van der Waals surface area (Å²) in [7, 11) is 0. The van der Waals surface area contributed by atoms with Gasteiger partial charge in [-0.05, 0) is 43.9 Å². The molecule has 8 heteroatoms. The van der Waals surface area contributed by atoms with Crippen molar-refractivity contribution in [1.82, 2.24) is 9.55 Å². The van der Waals surface area contributed by atoms with Crippen molar-refractivity contribution >= 4 is 39.1 Å². The molecule has 4 rings (SSSR count). The quantitative estimate of drug-likeness (QED) is 0.686. The lowest BCUT2D eigenvalue weighted by molar-refractivity contribution is -0.119. The maximum Gasteiger partial charge on any atom is 0.348 e. The van der Waals surface area contributed by atoms with Gasteiger partial charge in [0.15, 0.2) is 0 Å². The van der Waals surface area contributed by atoms with Gasteiger partial charge in [-0.3, -0.25) is 14.2 Å². The number of hydrogen-bond acceptors (Lipinski definition) is 6. The first kappa shape index (κ1) is 18.4. The van der Waals surface area contributed by atoms with Crippen LogP contribution in [-0.4, -0.2) is 28.0 Å². The molecule has 3 aromatic rings. The number of aromatic nitrogens is 2. The summed E-state index contributed by atoms with van der Waals surface area (Å²) in [5.74, 6) is -0.705. The number of fused-ring (bicyclic) bond motifs is 2. The molecule has 0 bridgehead atoms. The molecular weight excluding hydrogens is 378 g/mol. The number of amides is 1. The van der Waals surface area contributed by atoms with Crippen molar-refractivity contribution in [2.75, 3.05) is 11.9 Å². The van der Waals surface area contributed by atoms with E-state index >= 15 is 0 Å². The predicted molar refractivity (Wildman–Crippen MR) is 107 cm³/mol. The monoisotopic (exact) mass is 397 g/mol. The second-order valence-corrected chi connectivity index (χ2v) is 7.61. The van der Waals surface area contributed by atoms with E-state index in [-0.39, 0.29) is 18.1 Å². The molecule has 3 heterocycles. The highest BCUT2D eigenvalue weighted by Gasteiger charge is 2.28. The van der Waals surface area contributed by atoms with Gasteiger partial charge < -0.3 is 10.1 Å². The fourth-order valence-corrected chi connectivity index (χ4v) is 4.55. The summed E-state index contributed by atoms with van der Waals surface area (Å²) in [6, 6.07) is 6.95. The van der Waals surface area contributed by atoms with Crippen LogP contribution in [0.2, 0.25) is 0 Å². The number of ether oxygens (including phenoxy) is 1. The molecule has 0 saturated heterocycles. The van der Waals surface area contributed by atoms with Crippen LogP contribution >= 0.6 is 11.3 Å². The van der Waals surface area contributed by atoms with E-state index in [1.807, 2.05) is 24.3 Å². The maximum atomic E-state index is 13.2. The number of nitrogens with zero attached hydrogens (tertiary/aromatic N) is 2. The Morgan fingerprint density at radius 2 is 2.14 bits per heavy atom. The van der Waals surface area contributed by atoms with Crippen LogP contribution in [0.1, 0.15) is 40.2 Å². The molecule has 144 valence electrons. The zero-order valence-electron chi connectivity index (χ0n) is 15.5. The topological polar surface area (TPSA) is 90.3 Å². The third-order valence-electron chi connectivity index (χ3n) is 4.94. The Morgan fingerprint density at radius 3 is 2.93 bits per heavy atom. The number of esters is 1. The normalized spacial score (nSPS) is 16.4. The van der Waals surface area contributed by atoms with Gasteiger partial charge in [-0.15, -0.1) is 11.3 Å². The number of para-hydroxylation sites is 1. The zero-order chi connectivity index (χ0) is 19.8. The van der Waals surface area contributed by atoms with Gasteiger partial charge in [-0.25, -0.2) is 9.78 Å². The fourth-order valence-electron chi connectivity index (χ4n) is 3.52. The van der Waals surface area contributed by atoms with Gasteiger partial charge in [0.2, 0.25) is 5.91 Å². The molecule has 0 radical (unpaired) electrons. The molecule has 7 nitrogen and oxygen atoms in total. The van der Waals surface area contributed by atoms with E-state index in [1.165, 1.54) is 10.9 Å². The molecular formula is C20H19N3O4S. The number of rotatable bonds is 3. The number of hydrogen-bond donors (Lipinski definition) is 1. The first-order chi connectivity index (χ1) is 13.5. The van der Waals surface area contributed by atoms with Gasteiger partial charge in [0, 0.05) is 5.69 Å². The van der Waals surface area contributed by atoms with Crippen LogP contribution in [-0.2, 0) is 16.0 Å². The molecule has 0 saturated carbocycles. The summed E-state index contributed by atoms with van der Waals surface area (Å²) in [5.41, 5.74) is 2.04. The van der Waals surface area contributed by atoms with Crippen molar-refractivity contribution in [3.63, 3.8) is 0 Å². The molecule has 0 spiro atoms. The van der Waals surface area contributed by atoms with Crippen LogP contribution in [0.5, 0.6) is 0 Å². The van der Waals surface area contributed by atoms with E-state index in [0.29, 0.717) is 33.5 Å². The SMILES string of the molecule is CCOC(=O)c1sc2ncn([C@H]3CCc4ccccc4NC3=O)c(=O)c2c1C. The highest BCUT2D eigenvalue weighted by molar-refractivity contribution is 7.20. The number of benzene rings is 1. The van der Waals surface area contributed by atoms with E-state index < -0.39 is 12.0 Å². The third-order valence-corrected chi connectivity index (χ3v) is 6.12. The summed E-state index contributed by atoms with van der Waals surface area (Å²) in [6.07, 6.45) is 2.56. The van der Waals surface area contributed by atoms with Crippen molar-refractivity contribution in [3.8, 4) is 0 Å². The molecule has 1 aliphatic heterocycles. The molecule has 1 aliphatic rings. The fraction of sp³-hybridized carbons (Fsp3) is 0.300. The minimum Gasteiger partial charge on any atom is -0.462 e. The zero-order valence-corrected chi connectivity index (χ0v) is 16.3. The van der Waals surface area contributed by atoms with E-state index in [2.05, 4.69) is 10.3 Å². The number of nitrogens with one attached hydrogen (secondary N) is 1. The molecule has 0 aliphatic carbocycles. The number of carbonyl (C=O) groups is 2. The van der Waals surface area contributed by atoms with Crippen LogP contribution in [0.25, 0.3) is 10.2 Å². The highest BCUT2D eigenvalue weighted by Crippen LogP contribution is 2.30. The van der Waals surface area contributed by atoms with E-state index in [9.17, 15) is 14.4 Å². The Hall–Kier alpha value is -3.00. The summed E-state index contributed by atoms with van der Waals surface area (Å²) in [5, 5.41) is 3.27. The first-order valence-corrected chi connectivity index (χ1v) is 9.89. The lowest BCUT2D eigenvalue weighted by Gasteiger charge is -2.16. The molecule has 2 aromatic heterocycles. The van der Waals surface area contributed by atoms with Crippen LogP contribution in [0.4, 0.5) is 5.69 Å². The van der Waals surface area contributed by atoms with Crippen molar-refractivity contribution in [3.05, 3.63) is 57.0 Å².